The van der Waals surface area contributed by atoms with Gasteiger partial charge in [-0.1, -0.05) is 0 Å². The van der Waals surface area contributed by atoms with E-state index in [1.165, 1.54) is 6.92 Å². The topological polar surface area (TPSA) is 105 Å². The average Bonchev–Trinajstić information content (AvgIpc) is 2.24. The second-order valence-electron chi connectivity index (χ2n) is 2.69. The Hall–Kier alpha value is -1.47. The van der Waals surface area contributed by atoms with Gasteiger partial charge >= 0.3 is 6.03 Å². The molecule has 1 fully saturated rings. The number of rotatable bonds is 3. The predicted molar refractivity (Wildman–Crippen MR) is 42.0 cm³/mol. The fourth-order valence-electron chi connectivity index (χ4n) is 0.913. The van der Waals surface area contributed by atoms with Gasteiger partial charge < -0.3 is 0 Å². The fraction of sp³-hybridized carbons (Fsp3) is 0.500. The van der Waals surface area contributed by atoms with Crippen molar-refractivity contribution in [3.05, 3.63) is 0 Å². The number of carbonyl (C=O) groups is 3. The molecule has 1 saturated heterocycles. The lowest BCUT2D eigenvalue weighted by Gasteiger charge is -2.15. The van der Waals surface area contributed by atoms with E-state index in [9.17, 15) is 14.4 Å². The van der Waals surface area contributed by atoms with Crippen LogP contribution in [0, 0.1) is 0 Å². The number of imide groups is 1. The lowest BCUT2D eigenvalue weighted by molar-refractivity contribution is -0.122. The molecule has 0 aliphatic carbocycles. The quantitative estimate of drug-likeness (QED) is 0.266. The van der Waals surface area contributed by atoms with E-state index in [0.717, 1.165) is 0 Å². The van der Waals surface area contributed by atoms with Gasteiger partial charge in [0.1, 0.15) is 5.78 Å². The Kier molecular flexibility index (Phi) is 2.59. The largest absolute Gasteiger partial charge is 0.340 e. The van der Waals surface area contributed by atoms with Crippen LogP contribution in [0.3, 0.4) is 0 Å². The van der Waals surface area contributed by atoms with Crippen LogP contribution in [-0.4, -0.2) is 35.4 Å². The van der Waals surface area contributed by atoms with Gasteiger partial charge in [-0.15, -0.1) is 0 Å². The minimum absolute atomic E-state index is 0.000926. The molecule has 1 heterocycles. The molecule has 1 aliphatic heterocycles. The van der Waals surface area contributed by atoms with Crippen LogP contribution in [0.2, 0.25) is 0 Å². The molecular weight excluding hydrogens is 176 g/mol. The van der Waals surface area contributed by atoms with Gasteiger partial charge in [-0.3, -0.25) is 20.2 Å². The standard InChI is InChI=1S/C6H10N4O3/c1-3(11)2-8-4-5(12)9-6(13)10(4)7/h4,8H,2,7H2,1H3,(H,9,12,13). The van der Waals surface area contributed by atoms with Crippen molar-refractivity contribution < 1.29 is 14.4 Å². The Morgan fingerprint density at radius 1 is 1.69 bits per heavy atom. The smallest absolute Gasteiger partial charge is 0.299 e. The predicted octanol–water partition coefficient (Wildman–Crippen LogP) is -2.08. The monoisotopic (exact) mass is 186 g/mol. The van der Waals surface area contributed by atoms with Crippen molar-refractivity contribution in [1.29, 1.82) is 0 Å². The summed E-state index contributed by atoms with van der Waals surface area (Å²) in [5, 5.41) is 5.23. The molecule has 13 heavy (non-hydrogen) atoms. The number of ketones is 1. The molecule has 4 N–H and O–H groups in total. The van der Waals surface area contributed by atoms with Crippen LogP contribution >= 0.6 is 0 Å². The zero-order valence-corrected chi connectivity index (χ0v) is 7.03. The first-order valence-corrected chi connectivity index (χ1v) is 3.64. The highest BCUT2D eigenvalue weighted by Gasteiger charge is 2.36. The Morgan fingerprint density at radius 2 is 2.31 bits per heavy atom. The van der Waals surface area contributed by atoms with Gasteiger partial charge in [0.2, 0.25) is 0 Å². The summed E-state index contributed by atoms with van der Waals surface area (Å²) in [6.45, 7) is 1.36. The number of hydrogen-bond acceptors (Lipinski definition) is 5. The molecule has 0 bridgehead atoms. The first kappa shape index (κ1) is 9.62. The minimum atomic E-state index is -0.948. The molecule has 1 atom stereocenters. The Balaban J connectivity index is 2.54. The van der Waals surface area contributed by atoms with Gasteiger partial charge in [-0.05, 0) is 6.92 Å². The molecule has 72 valence electrons. The van der Waals surface area contributed by atoms with E-state index >= 15 is 0 Å². The van der Waals surface area contributed by atoms with Crippen LogP contribution in [0.5, 0.6) is 0 Å². The summed E-state index contributed by atoms with van der Waals surface area (Å²) in [5.74, 6) is 4.54. The third-order valence-corrected chi connectivity index (χ3v) is 1.54. The molecule has 0 radical (unpaired) electrons. The Morgan fingerprint density at radius 3 is 2.69 bits per heavy atom. The Bertz CT molecular complexity index is 265. The van der Waals surface area contributed by atoms with E-state index < -0.39 is 18.1 Å². The second-order valence-corrected chi connectivity index (χ2v) is 2.69. The third-order valence-electron chi connectivity index (χ3n) is 1.54. The Labute approximate surface area is 74.2 Å². The molecule has 0 aromatic heterocycles. The van der Waals surface area contributed by atoms with Gasteiger partial charge in [0.05, 0.1) is 6.54 Å². The SMILES string of the molecule is CC(=O)CNC1C(=O)NC(=O)N1N. The van der Waals surface area contributed by atoms with Gasteiger partial charge in [0.25, 0.3) is 5.91 Å². The van der Waals surface area contributed by atoms with E-state index in [0.29, 0.717) is 5.01 Å². The highest BCUT2D eigenvalue weighted by atomic mass is 16.2. The minimum Gasteiger partial charge on any atom is -0.299 e. The molecule has 1 unspecified atom stereocenters. The van der Waals surface area contributed by atoms with E-state index in [-0.39, 0.29) is 12.3 Å². The maximum Gasteiger partial charge on any atom is 0.340 e. The number of nitrogens with two attached hydrogens (primary N) is 1. The van der Waals surface area contributed by atoms with Crippen molar-refractivity contribution >= 4 is 17.7 Å². The average molecular weight is 186 g/mol. The number of nitrogens with zero attached hydrogens (tertiary/aromatic N) is 1. The summed E-state index contributed by atoms with van der Waals surface area (Å²) in [6.07, 6.45) is -0.948. The lowest BCUT2D eigenvalue weighted by Crippen LogP contribution is -2.50. The van der Waals surface area contributed by atoms with Crippen LogP contribution in [0.25, 0.3) is 0 Å². The summed E-state index contributed by atoms with van der Waals surface area (Å²) >= 11 is 0. The van der Waals surface area contributed by atoms with E-state index in [4.69, 9.17) is 5.84 Å². The number of nitrogens with one attached hydrogen (secondary N) is 2. The van der Waals surface area contributed by atoms with Crippen LogP contribution in [-0.2, 0) is 9.59 Å². The van der Waals surface area contributed by atoms with Crippen molar-refractivity contribution in [1.82, 2.24) is 15.6 Å². The molecule has 1 rings (SSSR count). The first-order chi connectivity index (χ1) is 6.02. The van der Waals surface area contributed by atoms with E-state index in [2.05, 4.69) is 5.32 Å². The van der Waals surface area contributed by atoms with E-state index in [1.807, 2.05) is 5.32 Å². The van der Waals surface area contributed by atoms with E-state index in [1.54, 1.807) is 0 Å². The summed E-state index contributed by atoms with van der Waals surface area (Å²) in [7, 11) is 0. The summed E-state index contributed by atoms with van der Waals surface area (Å²) in [5.41, 5.74) is 0. The highest BCUT2D eigenvalue weighted by molar-refractivity contribution is 6.03. The number of amides is 3. The molecular formula is C6H10N4O3. The van der Waals surface area contributed by atoms with Crippen LogP contribution in [0.15, 0.2) is 0 Å². The lowest BCUT2D eigenvalue weighted by atomic mass is 10.4. The van der Waals surface area contributed by atoms with Crippen molar-refractivity contribution in [3.8, 4) is 0 Å². The fourth-order valence-corrected chi connectivity index (χ4v) is 0.913. The number of hydrazine groups is 1. The third kappa shape index (κ3) is 2.01. The summed E-state index contributed by atoms with van der Waals surface area (Å²) in [4.78, 5) is 32.3. The van der Waals surface area contributed by atoms with Crippen molar-refractivity contribution in [2.24, 2.45) is 5.84 Å². The maximum absolute atomic E-state index is 11.0. The molecule has 7 nitrogen and oxygen atoms in total. The molecule has 1 aliphatic rings. The molecule has 0 saturated carbocycles. The molecule has 0 spiro atoms. The van der Waals surface area contributed by atoms with Crippen LogP contribution in [0.1, 0.15) is 6.92 Å². The highest BCUT2D eigenvalue weighted by Crippen LogP contribution is 1.98. The van der Waals surface area contributed by atoms with Crippen molar-refractivity contribution in [2.45, 2.75) is 13.1 Å². The normalized spacial score (nSPS) is 22.0. The zero-order valence-electron chi connectivity index (χ0n) is 7.03. The number of hydrogen-bond donors (Lipinski definition) is 3. The summed E-state index contributed by atoms with van der Waals surface area (Å²) in [6, 6.07) is -0.675. The summed E-state index contributed by atoms with van der Waals surface area (Å²) < 4.78 is 0. The molecule has 3 amide bonds. The first-order valence-electron chi connectivity index (χ1n) is 3.64. The maximum atomic E-state index is 11.0. The van der Waals surface area contributed by atoms with Gasteiger partial charge in [0, 0.05) is 0 Å². The van der Waals surface area contributed by atoms with Crippen molar-refractivity contribution in [3.63, 3.8) is 0 Å². The van der Waals surface area contributed by atoms with Gasteiger partial charge in [0.15, 0.2) is 6.17 Å². The number of carbonyl (C=O) groups excluding carboxylic acids is 3. The van der Waals surface area contributed by atoms with Gasteiger partial charge in [-0.25, -0.2) is 15.6 Å². The van der Waals surface area contributed by atoms with Crippen LogP contribution in [0.4, 0.5) is 4.79 Å². The van der Waals surface area contributed by atoms with Crippen LogP contribution < -0.4 is 16.5 Å². The zero-order chi connectivity index (χ0) is 10.0. The van der Waals surface area contributed by atoms with Gasteiger partial charge in [-0.2, -0.15) is 0 Å². The number of Topliss-reactive ketones (excluding diaryl/α,β-unsaturated/α-hetero) is 1. The van der Waals surface area contributed by atoms with Crippen molar-refractivity contribution in [2.75, 3.05) is 6.54 Å². The number of urea groups is 1. The molecule has 0 aromatic carbocycles. The molecule has 0 aromatic rings. The second kappa shape index (κ2) is 3.50. The molecule has 7 heteroatoms.